The monoisotopic (exact) mass is 319 g/mol. The Morgan fingerprint density at radius 3 is 2.70 bits per heavy atom. The van der Waals surface area contributed by atoms with Gasteiger partial charge in [-0.1, -0.05) is 12.1 Å². The van der Waals surface area contributed by atoms with Crippen LogP contribution >= 0.6 is 0 Å². The number of benzene rings is 1. The molecule has 0 bridgehead atoms. The fourth-order valence-electron chi connectivity index (χ4n) is 3.07. The minimum atomic E-state index is -0.423. The first kappa shape index (κ1) is 15.6. The zero-order valence-electron chi connectivity index (χ0n) is 13.1. The van der Waals surface area contributed by atoms with Crippen molar-refractivity contribution >= 4 is 12.0 Å². The van der Waals surface area contributed by atoms with E-state index in [0.29, 0.717) is 26.2 Å². The Hall–Kier alpha value is -2.28. The van der Waals surface area contributed by atoms with Gasteiger partial charge in [0.05, 0.1) is 13.7 Å². The molecule has 3 rings (SSSR count). The molecule has 23 heavy (non-hydrogen) atoms. The minimum absolute atomic E-state index is 0.0564. The maximum absolute atomic E-state index is 12.4. The highest BCUT2D eigenvalue weighted by Gasteiger charge is 2.35. The first-order valence-electron chi connectivity index (χ1n) is 7.67. The van der Waals surface area contributed by atoms with Gasteiger partial charge in [0.1, 0.15) is 18.9 Å². The summed E-state index contributed by atoms with van der Waals surface area (Å²) in [6.07, 6.45) is -0.423. The van der Waals surface area contributed by atoms with E-state index in [1.54, 1.807) is 12.0 Å². The lowest BCUT2D eigenvalue weighted by molar-refractivity contribution is -0.130. The number of nitrogens with zero attached hydrogens (tertiary/aromatic N) is 2. The van der Waals surface area contributed by atoms with Crippen molar-refractivity contribution in [1.29, 1.82) is 0 Å². The predicted octanol–water partition coefficient (Wildman–Crippen LogP) is 0.401. The predicted molar refractivity (Wildman–Crippen MR) is 83.2 cm³/mol. The third-order valence-electron chi connectivity index (χ3n) is 4.43. The van der Waals surface area contributed by atoms with Crippen molar-refractivity contribution in [2.24, 2.45) is 5.73 Å². The van der Waals surface area contributed by atoms with Crippen LogP contribution in [0.4, 0.5) is 4.79 Å². The Morgan fingerprint density at radius 2 is 2.09 bits per heavy atom. The van der Waals surface area contributed by atoms with Crippen LogP contribution in [0.3, 0.4) is 0 Å². The Labute approximate surface area is 134 Å². The number of amides is 2. The number of methoxy groups -OCH3 is 1. The molecule has 0 saturated carbocycles. The smallest absolute Gasteiger partial charge is 0.410 e. The van der Waals surface area contributed by atoms with Crippen molar-refractivity contribution in [2.75, 3.05) is 39.9 Å². The highest BCUT2D eigenvalue weighted by Crippen LogP contribution is 2.28. The molecule has 7 heteroatoms. The van der Waals surface area contributed by atoms with Gasteiger partial charge < -0.3 is 20.1 Å². The number of rotatable bonds is 4. The highest BCUT2D eigenvalue weighted by atomic mass is 16.6. The molecule has 7 nitrogen and oxygen atoms in total. The van der Waals surface area contributed by atoms with Gasteiger partial charge in [0.2, 0.25) is 5.91 Å². The molecule has 2 aliphatic heterocycles. The number of cyclic esters (lactones) is 1. The summed E-state index contributed by atoms with van der Waals surface area (Å²) in [5.74, 6) is 0.798. The molecule has 1 aromatic carbocycles. The third kappa shape index (κ3) is 3.24. The molecule has 0 aliphatic carbocycles. The van der Waals surface area contributed by atoms with Crippen LogP contribution in [0.25, 0.3) is 0 Å². The summed E-state index contributed by atoms with van der Waals surface area (Å²) in [7, 11) is 1.63. The second kappa shape index (κ2) is 6.45. The maximum Gasteiger partial charge on any atom is 0.410 e. The van der Waals surface area contributed by atoms with Crippen molar-refractivity contribution in [3.63, 3.8) is 0 Å². The van der Waals surface area contributed by atoms with E-state index in [9.17, 15) is 9.59 Å². The number of carbonyl (C=O) groups excluding carboxylic acids is 2. The second-order valence-corrected chi connectivity index (χ2v) is 5.88. The molecular weight excluding hydrogens is 298 g/mol. The number of carbonyl (C=O) groups is 2. The van der Waals surface area contributed by atoms with Gasteiger partial charge in [-0.2, -0.15) is 0 Å². The summed E-state index contributed by atoms with van der Waals surface area (Å²) in [6, 6.07) is 7.64. The summed E-state index contributed by atoms with van der Waals surface area (Å²) in [5.41, 5.74) is 7.31. The molecule has 0 aromatic heterocycles. The Kier molecular flexibility index (Phi) is 4.38. The van der Waals surface area contributed by atoms with E-state index in [2.05, 4.69) is 0 Å². The largest absolute Gasteiger partial charge is 0.497 e. The lowest BCUT2D eigenvalue weighted by Gasteiger charge is -2.19. The van der Waals surface area contributed by atoms with Gasteiger partial charge >= 0.3 is 6.09 Å². The van der Waals surface area contributed by atoms with Crippen LogP contribution < -0.4 is 10.5 Å². The van der Waals surface area contributed by atoms with E-state index >= 15 is 0 Å². The molecule has 2 fully saturated rings. The van der Waals surface area contributed by atoms with Crippen LogP contribution in [0.1, 0.15) is 11.5 Å². The zero-order valence-corrected chi connectivity index (χ0v) is 13.1. The van der Waals surface area contributed by atoms with E-state index in [-0.39, 0.29) is 24.4 Å². The fourth-order valence-corrected chi connectivity index (χ4v) is 3.07. The number of likely N-dealkylation sites (tertiary alicyclic amines) is 1. The average molecular weight is 319 g/mol. The Balaban J connectivity index is 1.63. The van der Waals surface area contributed by atoms with E-state index < -0.39 is 6.09 Å². The topological polar surface area (TPSA) is 85.1 Å². The van der Waals surface area contributed by atoms with Crippen molar-refractivity contribution in [2.45, 2.75) is 12.0 Å². The molecule has 2 amide bonds. The molecule has 2 aliphatic rings. The van der Waals surface area contributed by atoms with Gasteiger partial charge in [-0.3, -0.25) is 9.69 Å². The number of hydrogen-bond acceptors (Lipinski definition) is 5. The van der Waals surface area contributed by atoms with Gasteiger partial charge in [-0.05, 0) is 17.7 Å². The number of nitrogens with two attached hydrogens (primary N) is 1. The summed E-state index contributed by atoms with van der Waals surface area (Å²) < 4.78 is 10.00. The first-order valence-corrected chi connectivity index (χ1v) is 7.67. The van der Waals surface area contributed by atoms with Crippen molar-refractivity contribution in [1.82, 2.24) is 9.80 Å². The summed E-state index contributed by atoms with van der Waals surface area (Å²) in [6.45, 7) is 1.93. The lowest BCUT2D eigenvalue weighted by Crippen LogP contribution is -2.40. The van der Waals surface area contributed by atoms with E-state index in [1.807, 2.05) is 24.3 Å². The van der Waals surface area contributed by atoms with Gasteiger partial charge in [0.25, 0.3) is 0 Å². The second-order valence-electron chi connectivity index (χ2n) is 5.88. The summed E-state index contributed by atoms with van der Waals surface area (Å²) in [5, 5.41) is 0. The summed E-state index contributed by atoms with van der Waals surface area (Å²) in [4.78, 5) is 27.0. The average Bonchev–Trinajstić information content (AvgIpc) is 3.14. The molecule has 0 spiro atoms. The Bertz CT molecular complexity index is 589. The first-order chi connectivity index (χ1) is 11.1. The van der Waals surface area contributed by atoms with Crippen molar-refractivity contribution < 1.29 is 19.1 Å². The molecule has 0 unspecified atom stereocenters. The van der Waals surface area contributed by atoms with E-state index in [4.69, 9.17) is 15.2 Å². The van der Waals surface area contributed by atoms with Crippen LogP contribution in [0, 0.1) is 0 Å². The molecule has 2 heterocycles. The van der Waals surface area contributed by atoms with E-state index in [0.717, 1.165) is 11.3 Å². The van der Waals surface area contributed by atoms with Crippen LogP contribution in [0.2, 0.25) is 0 Å². The molecule has 2 saturated heterocycles. The minimum Gasteiger partial charge on any atom is -0.497 e. The number of ether oxygens (including phenoxy) is 2. The van der Waals surface area contributed by atoms with Gasteiger partial charge in [-0.25, -0.2) is 4.79 Å². The van der Waals surface area contributed by atoms with Crippen molar-refractivity contribution in [3.05, 3.63) is 29.8 Å². The normalized spacial score (nSPS) is 24.0. The van der Waals surface area contributed by atoms with Gasteiger partial charge in [0, 0.05) is 25.0 Å². The zero-order chi connectivity index (χ0) is 16.4. The van der Waals surface area contributed by atoms with Gasteiger partial charge in [-0.15, -0.1) is 0 Å². The molecular formula is C16H21N3O4. The molecule has 0 radical (unpaired) electrons. The van der Waals surface area contributed by atoms with Crippen LogP contribution in [-0.2, 0) is 9.53 Å². The standard InChI is InChI=1S/C16H21N3O4/c1-22-12-4-2-11(3-5-12)13-8-19(9-14(13)17)15(20)10-18-6-7-23-16(18)21/h2-5,13-14H,6-10,17H2,1H3/t13-,14+/m0/s1. The van der Waals surface area contributed by atoms with Crippen molar-refractivity contribution in [3.8, 4) is 5.75 Å². The third-order valence-corrected chi connectivity index (χ3v) is 4.43. The molecule has 2 N–H and O–H groups in total. The number of hydrogen-bond donors (Lipinski definition) is 1. The summed E-state index contributed by atoms with van der Waals surface area (Å²) >= 11 is 0. The van der Waals surface area contributed by atoms with Crippen LogP contribution in [0.15, 0.2) is 24.3 Å². The van der Waals surface area contributed by atoms with Crippen LogP contribution in [-0.4, -0.2) is 67.7 Å². The molecule has 124 valence electrons. The van der Waals surface area contributed by atoms with Crippen LogP contribution in [0.5, 0.6) is 5.75 Å². The molecule has 2 atom stereocenters. The SMILES string of the molecule is COc1ccc([C@@H]2CN(C(=O)CN3CCOC3=O)C[C@H]2N)cc1. The fraction of sp³-hybridized carbons (Fsp3) is 0.500. The van der Waals surface area contributed by atoms with Gasteiger partial charge in [0.15, 0.2) is 0 Å². The maximum atomic E-state index is 12.4. The molecule has 1 aromatic rings. The lowest BCUT2D eigenvalue weighted by atomic mass is 9.95. The highest BCUT2D eigenvalue weighted by molar-refractivity contribution is 5.83. The quantitative estimate of drug-likeness (QED) is 0.868. The van der Waals surface area contributed by atoms with E-state index in [1.165, 1.54) is 4.90 Å². The Morgan fingerprint density at radius 1 is 1.35 bits per heavy atom.